The molecule has 2 N–H and O–H groups in total. The number of alkyl halides is 3. The maximum absolute atomic E-state index is 10.6. The molecule has 1 saturated heterocycles. The summed E-state index contributed by atoms with van der Waals surface area (Å²) in [5, 5.41) is 15.9. The van der Waals surface area contributed by atoms with Gasteiger partial charge in [-0.1, -0.05) is 48.0 Å². The zero-order chi connectivity index (χ0) is 27.3. The van der Waals surface area contributed by atoms with Crippen molar-refractivity contribution in [3.8, 4) is 11.3 Å². The molecule has 3 atom stereocenters. The van der Waals surface area contributed by atoms with Crippen LogP contribution >= 0.6 is 11.6 Å². The maximum atomic E-state index is 10.6. The van der Waals surface area contributed by atoms with Crippen LogP contribution in [0.15, 0.2) is 54.6 Å². The molecular formula is C28H31ClF3N3O3. The summed E-state index contributed by atoms with van der Waals surface area (Å²) in [6.45, 7) is 6.08. The number of rotatable bonds is 4. The smallest absolute Gasteiger partial charge is 0.475 e. The lowest BCUT2D eigenvalue weighted by Crippen LogP contribution is -2.46. The summed E-state index contributed by atoms with van der Waals surface area (Å²) in [7, 11) is 0. The first-order chi connectivity index (χ1) is 18.1. The van der Waals surface area contributed by atoms with Crippen LogP contribution in [0.25, 0.3) is 11.3 Å². The van der Waals surface area contributed by atoms with Crippen molar-refractivity contribution < 1.29 is 27.8 Å². The lowest BCUT2D eigenvalue weighted by atomic mass is 9.70. The Balaban J connectivity index is 0.000000426. The zero-order valence-corrected chi connectivity index (χ0v) is 21.8. The highest BCUT2D eigenvalue weighted by Gasteiger charge is 2.38. The summed E-state index contributed by atoms with van der Waals surface area (Å²) >= 11 is 6.07. The van der Waals surface area contributed by atoms with E-state index in [1.165, 1.54) is 36.1 Å². The number of ether oxygens (including phenoxy) is 1. The minimum atomic E-state index is -5.08. The van der Waals surface area contributed by atoms with Crippen molar-refractivity contribution in [2.75, 3.05) is 26.3 Å². The van der Waals surface area contributed by atoms with Gasteiger partial charge in [0.15, 0.2) is 0 Å². The van der Waals surface area contributed by atoms with Crippen molar-refractivity contribution in [2.24, 2.45) is 0 Å². The Morgan fingerprint density at radius 1 is 1.08 bits per heavy atom. The van der Waals surface area contributed by atoms with E-state index in [1.807, 2.05) is 24.3 Å². The Labute approximate surface area is 224 Å². The molecule has 0 spiro atoms. The van der Waals surface area contributed by atoms with Crippen molar-refractivity contribution in [1.82, 2.24) is 15.1 Å². The predicted octanol–water partition coefficient (Wildman–Crippen LogP) is 6.42. The number of nitrogens with one attached hydrogen (secondary N) is 1. The third-order valence-corrected chi connectivity index (χ3v) is 7.60. The molecule has 5 rings (SSSR count). The van der Waals surface area contributed by atoms with Crippen molar-refractivity contribution >= 4 is 17.6 Å². The van der Waals surface area contributed by atoms with Crippen LogP contribution < -0.4 is 0 Å². The lowest BCUT2D eigenvalue weighted by molar-refractivity contribution is -0.192. The van der Waals surface area contributed by atoms with Crippen molar-refractivity contribution in [1.29, 1.82) is 0 Å². The molecule has 0 unspecified atom stereocenters. The molecule has 0 amide bonds. The molecule has 0 radical (unpaired) electrons. The number of aliphatic carboxylic acids is 1. The molecule has 6 nitrogen and oxygen atoms in total. The minimum absolute atomic E-state index is 0.451. The van der Waals surface area contributed by atoms with Crippen LogP contribution in [0.1, 0.15) is 47.9 Å². The molecule has 0 bridgehead atoms. The van der Waals surface area contributed by atoms with Gasteiger partial charge >= 0.3 is 12.1 Å². The van der Waals surface area contributed by atoms with Crippen LogP contribution in [0.4, 0.5) is 13.2 Å². The highest BCUT2D eigenvalue weighted by molar-refractivity contribution is 6.30. The molecule has 2 fully saturated rings. The molecule has 10 heteroatoms. The summed E-state index contributed by atoms with van der Waals surface area (Å²) in [4.78, 5) is 11.5. The topological polar surface area (TPSA) is 78.5 Å². The Morgan fingerprint density at radius 2 is 1.74 bits per heavy atom. The zero-order valence-electron chi connectivity index (χ0n) is 21.0. The number of morpholine rings is 1. The lowest BCUT2D eigenvalue weighted by Gasteiger charge is -2.43. The van der Waals surface area contributed by atoms with E-state index in [1.54, 1.807) is 0 Å². The number of carbonyl (C=O) groups is 1. The first-order valence-corrected chi connectivity index (χ1v) is 13.0. The summed E-state index contributed by atoms with van der Waals surface area (Å²) < 4.78 is 37.3. The highest BCUT2D eigenvalue weighted by atomic mass is 35.5. The first-order valence-electron chi connectivity index (χ1n) is 12.6. The average Bonchev–Trinajstić information content (AvgIpc) is 3.40. The third-order valence-electron chi connectivity index (χ3n) is 7.35. The number of carboxylic acid groups (broad SMARTS) is 1. The fourth-order valence-electron chi connectivity index (χ4n) is 5.44. The summed E-state index contributed by atoms with van der Waals surface area (Å²) in [6, 6.07) is 19.7. The van der Waals surface area contributed by atoms with Gasteiger partial charge in [-0.05, 0) is 61.4 Å². The van der Waals surface area contributed by atoms with Gasteiger partial charge in [-0.3, -0.25) is 10.00 Å². The number of aromatic nitrogens is 2. The van der Waals surface area contributed by atoms with Crippen LogP contribution in [-0.2, 0) is 9.53 Å². The number of hydrogen-bond donors (Lipinski definition) is 2. The van der Waals surface area contributed by atoms with Gasteiger partial charge in [-0.15, -0.1) is 0 Å². The van der Waals surface area contributed by atoms with Gasteiger partial charge < -0.3 is 9.84 Å². The molecule has 2 heterocycles. The number of benzene rings is 2. The Morgan fingerprint density at radius 3 is 2.37 bits per heavy atom. The van der Waals surface area contributed by atoms with Crippen LogP contribution in [0.3, 0.4) is 0 Å². The second-order valence-corrected chi connectivity index (χ2v) is 10.1. The second kappa shape index (κ2) is 12.3. The largest absolute Gasteiger partial charge is 0.490 e. The molecule has 1 aliphatic heterocycles. The fraction of sp³-hybridized carbons (Fsp3) is 0.429. The van der Waals surface area contributed by atoms with Crippen LogP contribution in [0.5, 0.6) is 0 Å². The normalized spacial score (nSPS) is 22.4. The number of aromatic amines is 1. The van der Waals surface area contributed by atoms with E-state index in [2.05, 4.69) is 52.4 Å². The van der Waals surface area contributed by atoms with E-state index in [0.717, 1.165) is 42.6 Å². The van der Waals surface area contributed by atoms with Gasteiger partial charge in [-0.25, -0.2) is 4.79 Å². The number of carboxylic acids is 1. The van der Waals surface area contributed by atoms with Crippen LogP contribution in [0, 0.1) is 6.92 Å². The second-order valence-electron chi connectivity index (χ2n) is 9.70. The summed E-state index contributed by atoms with van der Waals surface area (Å²) in [6.07, 6.45) is -1.50. The Bertz CT molecular complexity index is 1210. The number of H-pyrrole nitrogens is 1. The highest BCUT2D eigenvalue weighted by Crippen LogP contribution is 2.46. The van der Waals surface area contributed by atoms with Gasteiger partial charge in [0, 0.05) is 41.3 Å². The third kappa shape index (κ3) is 6.95. The monoisotopic (exact) mass is 549 g/mol. The van der Waals surface area contributed by atoms with Gasteiger partial charge in [0.2, 0.25) is 0 Å². The number of halogens is 4. The summed E-state index contributed by atoms with van der Waals surface area (Å²) in [5.41, 5.74) is 6.20. The average molecular weight is 550 g/mol. The van der Waals surface area contributed by atoms with Crippen LogP contribution in [0.2, 0.25) is 5.02 Å². The van der Waals surface area contributed by atoms with Crippen molar-refractivity contribution in [3.63, 3.8) is 0 Å². The SMILES string of the molecule is Cc1ccccc1[C@@H]1C[C@H](N2CCOCC2)CC[C@H]1c1cc(-c2ccc(Cl)cc2)n[nH]1.O=C(O)C(F)(F)F. The van der Waals surface area contributed by atoms with Gasteiger partial charge in [0.1, 0.15) is 0 Å². The van der Waals surface area contributed by atoms with Crippen molar-refractivity contribution in [3.05, 3.63) is 76.4 Å². The molecule has 38 heavy (non-hydrogen) atoms. The first kappa shape index (κ1) is 28.1. The number of hydrogen-bond acceptors (Lipinski definition) is 4. The Hall–Kier alpha value is -2.88. The van der Waals surface area contributed by atoms with E-state index < -0.39 is 12.1 Å². The molecule has 2 aliphatic rings. The maximum Gasteiger partial charge on any atom is 0.490 e. The Kier molecular flexibility index (Phi) is 9.12. The fourth-order valence-corrected chi connectivity index (χ4v) is 5.56. The van der Waals surface area contributed by atoms with E-state index in [9.17, 15) is 13.2 Å². The number of aryl methyl sites for hydroxylation is 1. The molecule has 1 aromatic heterocycles. The van der Waals surface area contributed by atoms with E-state index in [4.69, 9.17) is 26.2 Å². The quantitative estimate of drug-likeness (QED) is 0.392. The van der Waals surface area contributed by atoms with Crippen LogP contribution in [-0.4, -0.2) is 64.7 Å². The van der Waals surface area contributed by atoms with Crippen molar-refractivity contribution in [2.45, 2.75) is 50.2 Å². The molecule has 1 saturated carbocycles. The predicted molar refractivity (Wildman–Crippen MR) is 139 cm³/mol. The van der Waals surface area contributed by atoms with E-state index in [0.29, 0.717) is 17.9 Å². The summed E-state index contributed by atoms with van der Waals surface area (Å²) in [5.74, 6) is -1.82. The molecule has 204 valence electrons. The van der Waals surface area contributed by atoms with Gasteiger partial charge in [0.05, 0.1) is 18.9 Å². The number of nitrogens with zero attached hydrogens (tertiary/aromatic N) is 2. The molecule has 3 aromatic rings. The molecule has 1 aliphatic carbocycles. The van der Waals surface area contributed by atoms with Gasteiger partial charge in [0.25, 0.3) is 0 Å². The van der Waals surface area contributed by atoms with Gasteiger partial charge in [-0.2, -0.15) is 18.3 Å². The molecular weight excluding hydrogens is 519 g/mol. The van der Waals surface area contributed by atoms with E-state index >= 15 is 0 Å². The standard InChI is InChI=1S/C26H30ClN3O.C2HF3O2/c1-18-4-2-3-5-22(18)24-16-21(30-12-14-31-15-13-30)10-11-23(24)26-17-25(28-29-26)19-6-8-20(27)9-7-19;3-2(4,5)1(6)7/h2-9,17,21,23-24H,10-16H2,1H3,(H,28,29);(H,6,7)/t21-,23-,24+;/m1./s1. The van der Waals surface area contributed by atoms with E-state index in [-0.39, 0.29) is 0 Å². The minimum Gasteiger partial charge on any atom is -0.475 e. The molecule has 2 aromatic carbocycles.